The molecule has 0 amide bonds. The highest BCUT2D eigenvalue weighted by molar-refractivity contribution is 5.57. The highest BCUT2D eigenvalue weighted by Gasteiger charge is 2.10. The molecule has 0 radical (unpaired) electrons. The highest BCUT2D eigenvalue weighted by Crippen LogP contribution is 2.19. The van der Waals surface area contributed by atoms with Gasteiger partial charge in [-0.25, -0.2) is 14.6 Å². The predicted molar refractivity (Wildman–Crippen MR) is 70.3 cm³/mol. The van der Waals surface area contributed by atoms with E-state index in [1.165, 1.54) is 0 Å². The fourth-order valence-electron chi connectivity index (χ4n) is 1.78. The molecule has 0 aliphatic carbocycles. The molecule has 0 aliphatic heterocycles. The third-order valence-electron chi connectivity index (χ3n) is 2.68. The molecule has 0 bridgehead atoms. The number of nitrogens with one attached hydrogen (secondary N) is 1. The van der Waals surface area contributed by atoms with Gasteiger partial charge in [0.05, 0.1) is 11.9 Å². The molecule has 0 saturated heterocycles. The Labute approximate surface area is 106 Å². The van der Waals surface area contributed by atoms with Gasteiger partial charge < -0.3 is 5.32 Å². The van der Waals surface area contributed by atoms with Crippen molar-refractivity contribution in [1.29, 1.82) is 0 Å². The van der Waals surface area contributed by atoms with Gasteiger partial charge in [-0.05, 0) is 13.3 Å². The molecule has 0 aliphatic rings. The summed E-state index contributed by atoms with van der Waals surface area (Å²) in [6.45, 7) is 4.93. The second-order valence-corrected chi connectivity index (χ2v) is 3.99. The van der Waals surface area contributed by atoms with E-state index in [4.69, 9.17) is 0 Å². The second-order valence-electron chi connectivity index (χ2n) is 3.99. The van der Waals surface area contributed by atoms with Crippen LogP contribution in [0.15, 0.2) is 12.3 Å². The standard InChI is InChI=1S/C12H18N6/c1-4-6-11-15-9(7-12(13-3)16-11)10-8-14-17-18(10)5-2/h7-8H,4-6H2,1-3H3,(H,13,15,16). The molecule has 6 nitrogen and oxygen atoms in total. The summed E-state index contributed by atoms with van der Waals surface area (Å²) in [7, 11) is 1.86. The molecule has 0 fully saturated rings. The summed E-state index contributed by atoms with van der Waals surface area (Å²) >= 11 is 0. The minimum atomic E-state index is 0.775. The van der Waals surface area contributed by atoms with Crippen LogP contribution in [0.25, 0.3) is 11.4 Å². The lowest BCUT2D eigenvalue weighted by Crippen LogP contribution is -2.05. The van der Waals surface area contributed by atoms with Gasteiger partial charge in [0, 0.05) is 26.1 Å². The van der Waals surface area contributed by atoms with Crippen molar-refractivity contribution in [2.75, 3.05) is 12.4 Å². The minimum Gasteiger partial charge on any atom is -0.373 e. The van der Waals surface area contributed by atoms with Gasteiger partial charge in [-0.2, -0.15) is 0 Å². The van der Waals surface area contributed by atoms with Crippen LogP contribution in [0.4, 0.5) is 5.82 Å². The number of anilines is 1. The first-order valence-electron chi connectivity index (χ1n) is 6.23. The maximum Gasteiger partial charge on any atom is 0.131 e. The first kappa shape index (κ1) is 12.5. The van der Waals surface area contributed by atoms with Gasteiger partial charge in [-0.3, -0.25) is 0 Å². The van der Waals surface area contributed by atoms with Crippen LogP contribution in [0.2, 0.25) is 0 Å². The van der Waals surface area contributed by atoms with Crippen molar-refractivity contribution in [2.45, 2.75) is 33.2 Å². The van der Waals surface area contributed by atoms with E-state index in [0.717, 1.165) is 42.4 Å². The van der Waals surface area contributed by atoms with Gasteiger partial charge in [-0.1, -0.05) is 12.1 Å². The van der Waals surface area contributed by atoms with E-state index < -0.39 is 0 Å². The van der Waals surface area contributed by atoms with Crippen molar-refractivity contribution in [3.8, 4) is 11.4 Å². The van der Waals surface area contributed by atoms with Crippen LogP contribution in [0.1, 0.15) is 26.1 Å². The Hall–Kier alpha value is -1.98. The summed E-state index contributed by atoms with van der Waals surface area (Å²) in [4.78, 5) is 9.00. The summed E-state index contributed by atoms with van der Waals surface area (Å²) in [5.41, 5.74) is 1.79. The van der Waals surface area contributed by atoms with Crippen LogP contribution in [-0.2, 0) is 13.0 Å². The predicted octanol–water partition coefficient (Wildman–Crippen LogP) is 1.75. The zero-order valence-electron chi connectivity index (χ0n) is 11.0. The maximum absolute atomic E-state index is 4.57. The second kappa shape index (κ2) is 5.57. The zero-order valence-corrected chi connectivity index (χ0v) is 11.0. The van der Waals surface area contributed by atoms with Gasteiger partial charge >= 0.3 is 0 Å². The number of hydrogen-bond donors (Lipinski definition) is 1. The number of rotatable bonds is 5. The molecule has 2 aromatic heterocycles. The average Bonchev–Trinajstić information content (AvgIpc) is 2.87. The van der Waals surface area contributed by atoms with E-state index in [0.29, 0.717) is 0 Å². The van der Waals surface area contributed by atoms with E-state index in [-0.39, 0.29) is 0 Å². The summed E-state index contributed by atoms with van der Waals surface area (Å²) < 4.78 is 1.83. The molecule has 18 heavy (non-hydrogen) atoms. The maximum atomic E-state index is 4.57. The molecule has 0 saturated carbocycles. The van der Waals surface area contributed by atoms with Crippen molar-refractivity contribution >= 4 is 5.82 Å². The lowest BCUT2D eigenvalue weighted by atomic mass is 10.2. The van der Waals surface area contributed by atoms with Crippen molar-refractivity contribution in [3.05, 3.63) is 18.1 Å². The number of aryl methyl sites for hydroxylation is 2. The molecule has 6 heteroatoms. The fraction of sp³-hybridized carbons (Fsp3) is 0.500. The smallest absolute Gasteiger partial charge is 0.131 e. The van der Waals surface area contributed by atoms with E-state index in [1.54, 1.807) is 6.20 Å². The minimum absolute atomic E-state index is 0.775. The Morgan fingerprint density at radius 3 is 2.78 bits per heavy atom. The van der Waals surface area contributed by atoms with Crippen LogP contribution >= 0.6 is 0 Å². The Kier molecular flexibility index (Phi) is 3.86. The van der Waals surface area contributed by atoms with E-state index >= 15 is 0 Å². The van der Waals surface area contributed by atoms with E-state index in [1.807, 2.05) is 24.7 Å². The van der Waals surface area contributed by atoms with Crippen LogP contribution < -0.4 is 5.32 Å². The fourth-order valence-corrected chi connectivity index (χ4v) is 1.78. The molecule has 0 unspecified atom stereocenters. The average molecular weight is 246 g/mol. The van der Waals surface area contributed by atoms with E-state index in [9.17, 15) is 0 Å². The van der Waals surface area contributed by atoms with Gasteiger partial charge in [-0.15, -0.1) is 5.10 Å². The monoisotopic (exact) mass is 246 g/mol. The summed E-state index contributed by atoms with van der Waals surface area (Å²) in [6, 6.07) is 1.92. The normalized spacial score (nSPS) is 10.6. The number of hydrogen-bond acceptors (Lipinski definition) is 5. The van der Waals surface area contributed by atoms with Crippen LogP contribution in [0, 0.1) is 0 Å². The molecule has 96 valence electrons. The lowest BCUT2D eigenvalue weighted by molar-refractivity contribution is 0.631. The van der Waals surface area contributed by atoms with Crippen molar-refractivity contribution < 1.29 is 0 Å². The Balaban J connectivity index is 2.46. The SMILES string of the molecule is CCCc1nc(NC)cc(-c2cnnn2CC)n1. The van der Waals surface area contributed by atoms with Crippen molar-refractivity contribution in [3.63, 3.8) is 0 Å². The van der Waals surface area contributed by atoms with Gasteiger partial charge in [0.2, 0.25) is 0 Å². The quantitative estimate of drug-likeness (QED) is 0.870. The van der Waals surface area contributed by atoms with Gasteiger partial charge in [0.25, 0.3) is 0 Å². The molecule has 1 N–H and O–H groups in total. The largest absolute Gasteiger partial charge is 0.373 e. The third-order valence-corrected chi connectivity index (χ3v) is 2.68. The molecular formula is C12H18N6. The summed E-state index contributed by atoms with van der Waals surface area (Å²) in [5, 5.41) is 11.0. The first-order chi connectivity index (χ1) is 8.78. The molecule has 2 heterocycles. The lowest BCUT2D eigenvalue weighted by Gasteiger charge is -2.07. The van der Waals surface area contributed by atoms with Crippen LogP contribution in [0.5, 0.6) is 0 Å². The molecule has 0 atom stereocenters. The summed E-state index contributed by atoms with van der Waals surface area (Å²) in [6.07, 6.45) is 3.63. The van der Waals surface area contributed by atoms with Crippen molar-refractivity contribution in [2.24, 2.45) is 0 Å². The Morgan fingerprint density at radius 1 is 1.28 bits per heavy atom. The Morgan fingerprint density at radius 2 is 2.11 bits per heavy atom. The van der Waals surface area contributed by atoms with Crippen LogP contribution in [-0.4, -0.2) is 32.0 Å². The number of nitrogens with zero attached hydrogens (tertiary/aromatic N) is 5. The third kappa shape index (κ3) is 2.47. The zero-order chi connectivity index (χ0) is 13.0. The Bertz CT molecular complexity index is 519. The summed E-state index contributed by atoms with van der Waals surface area (Å²) in [5.74, 6) is 1.68. The molecule has 0 spiro atoms. The van der Waals surface area contributed by atoms with Crippen LogP contribution in [0.3, 0.4) is 0 Å². The molecular weight excluding hydrogens is 228 g/mol. The highest BCUT2D eigenvalue weighted by atomic mass is 15.4. The topological polar surface area (TPSA) is 68.5 Å². The molecule has 0 aromatic carbocycles. The van der Waals surface area contributed by atoms with Crippen molar-refractivity contribution in [1.82, 2.24) is 25.0 Å². The molecule has 2 rings (SSSR count). The van der Waals surface area contributed by atoms with Gasteiger partial charge in [0.15, 0.2) is 0 Å². The van der Waals surface area contributed by atoms with Gasteiger partial charge in [0.1, 0.15) is 17.3 Å². The molecule has 2 aromatic rings. The van der Waals surface area contributed by atoms with E-state index in [2.05, 4.69) is 32.5 Å². The first-order valence-corrected chi connectivity index (χ1v) is 6.23. The number of aromatic nitrogens is 5.